The summed E-state index contributed by atoms with van der Waals surface area (Å²) in [5.41, 5.74) is 0. The van der Waals surface area contributed by atoms with Gasteiger partial charge in [-0.15, -0.1) is 0 Å². The first-order chi connectivity index (χ1) is 9.43. The first kappa shape index (κ1) is 16.2. The molecule has 1 saturated heterocycles. The predicted octanol–water partition coefficient (Wildman–Crippen LogP) is -0.282. The van der Waals surface area contributed by atoms with Crippen molar-refractivity contribution in [3.8, 4) is 0 Å². The van der Waals surface area contributed by atoms with Crippen LogP contribution in [0.1, 0.15) is 25.7 Å². The number of amides is 2. The van der Waals surface area contributed by atoms with E-state index in [1.807, 2.05) is 0 Å². The number of carbonyl (C=O) groups excluding carboxylic acids is 1. The van der Waals surface area contributed by atoms with Gasteiger partial charge >= 0.3 is 18.0 Å². The average Bonchev–Trinajstić information content (AvgIpc) is 2.85. The summed E-state index contributed by atoms with van der Waals surface area (Å²) in [6.45, 7) is 0.896. The summed E-state index contributed by atoms with van der Waals surface area (Å²) in [6, 6.07) is -1.57. The van der Waals surface area contributed by atoms with Crippen molar-refractivity contribution in [2.45, 2.75) is 31.7 Å². The fourth-order valence-electron chi connectivity index (χ4n) is 2.12. The summed E-state index contributed by atoms with van der Waals surface area (Å²) in [5.74, 6) is -2.14. The first-order valence-corrected chi connectivity index (χ1v) is 6.55. The molecule has 0 saturated carbocycles. The Morgan fingerprint density at radius 1 is 1.30 bits per heavy atom. The van der Waals surface area contributed by atoms with Crippen LogP contribution in [0.4, 0.5) is 4.79 Å². The van der Waals surface area contributed by atoms with Gasteiger partial charge in [0, 0.05) is 32.0 Å². The number of aliphatic hydroxyl groups is 1. The molecular weight excluding hydrogens is 268 g/mol. The van der Waals surface area contributed by atoms with E-state index in [-0.39, 0.29) is 31.8 Å². The Kier molecular flexibility index (Phi) is 6.23. The van der Waals surface area contributed by atoms with Crippen LogP contribution in [0.3, 0.4) is 0 Å². The molecule has 1 fully saturated rings. The lowest BCUT2D eigenvalue weighted by molar-refractivity contribution is -0.140. The fourth-order valence-corrected chi connectivity index (χ4v) is 2.12. The Morgan fingerprint density at radius 3 is 2.50 bits per heavy atom. The second kappa shape index (κ2) is 7.68. The summed E-state index contributed by atoms with van der Waals surface area (Å²) < 4.78 is 0. The highest BCUT2D eigenvalue weighted by atomic mass is 16.4. The van der Waals surface area contributed by atoms with Crippen LogP contribution in [0.15, 0.2) is 0 Å². The summed E-state index contributed by atoms with van der Waals surface area (Å²) in [6.07, 6.45) is 0.826. The molecule has 0 aromatic carbocycles. The second-order valence-corrected chi connectivity index (χ2v) is 4.91. The number of aliphatic hydroxyl groups excluding tert-OH is 1. The minimum absolute atomic E-state index is 0.00471. The zero-order chi connectivity index (χ0) is 15.1. The molecule has 1 rings (SSSR count). The number of carbonyl (C=O) groups is 3. The number of aliphatic carboxylic acids is 2. The lowest BCUT2D eigenvalue weighted by Crippen LogP contribution is -2.47. The molecule has 114 valence electrons. The van der Waals surface area contributed by atoms with E-state index in [0.717, 1.165) is 0 Å². The molecule has 8 nitrogen and oxygen atoms in total. The van der Waals surface area contributed by atoms with E-state index in [1.54, 1.807) is 0 Å². The standard InChI is InChI=1S/C12H20N2O6/c15-7-8-4-5-14(6-8)12(20)13-9(11(18)19)2-1-3-10(16)17/h8-9,15H,1-7H2,(H,13,20)(H,16,17)(H,18,19)/t8?,9-/m1/s1. The summed E-state index contributed by atoms with van der Waals surface area (Å²) in [5, 5.41) is 28.9. The van der Waals surface area contributed by atoms with E-state index in [2.05, 4.69) is 5.32 Å². The van der Waals surface area contributed by atoms with Gasteiger partial charge in [-0.05, 0) is 19.3 Å². The van der Waals surface area contributed by atoms with Crippen molar-refractivity contribution in [1.82, 2.24) is 10.2 Å². The van der Waals surface area contributed by atoms with Crippen LogP contribution in [-0.2, 0) is 9.59 Å². The van der Waals surface area contributed by atoms with Crippen molar-refractivity contribution < 1.29 is 29.7 Å². The Balaban J connectivity index is 2.43. The fraction of sp³-hybridized carbons (Fsp3) is 0.750. The smallest absolute Gasteiger partial charge is 0.326 e. The molecule has 0 radical (unpaired) electrons. The summed E-state index contributed by atoms with van der Waals surface area (Å²) in [7, 11) is 0. The molecule has 2 atom stereocenters. The van der Waals surface area contributed by atoms with Crippen molar-refractivity contribution in [1.29, 1.82) is 0 Å². The zero-order valence-corrected chi connectivity index (χ0v) is 11.1. The van der Waals surface area contributed by atoms with Gasteiger partial charge < -0.3 is 25.5 Å². The average molecular weight is 288 g/mol. The number of hydrogen-bond acceptors (Lipinski definition) is 4. The van der Waals surface area contributed by atoms with Crippen LogP contribution < -0.4 is 5.32 Å². The van der Waals surface area contributed by atoms with E-state index in [1.165, 1.54) is 4.90 Å². The van der Waals surface area contributed by atoms with E-state index in [9.17, 15) is 14.4 Å². The summed E-state index contributed by atoms with van der Waals surface area (Å²) >= 11 is 0. The number of rotatable bonds is 7. The van der Waals surface area contributed by atoms with Gasteiger partial charge in [-0.2, -0.15) is 0 Å². The highest BCUT2D eigenvalue weighted by Crippen LogP contribution is 2.15. The number of nitrogens with one attached hydrogen (secondary N) is 1. The van der Waals surface area contributed by atoms with Crippen LogP contribution in [0.5, 0.6) is 0 Å². The van der Waals surface area contributed by atoms with Gasteiger partial charge in [0.15, 0.2) is 0 Å². The Labute approximate surface area is 116 Å². The molecule has 8 heteroatoms. The lowest BCUT2D eigenvalue weighted by atomic mass is 10.1. The molecule has 4 N–H and O–H groups in total. The quantitative estimate of drug-likeness (QED) is 0.510. The Bertz CT molecular complexity index is 373. The molecule has 1 unspecified atom stereocenters. The van der Waals surface area contributed by atoms with Gasteiger partial charge in [0.25, 0.3) is 0 Å². The molecule has 1 aliphatic rings. The molecule has 0 aliphatic carbocycles. The molecule has 1 aliphatic heterocycles. The normalized spacial score (nSPS) is 19.6. The van der Waals surface area contributed by atoms with Crippen molar-refractivity contribution in [2.24, 2.45) is 5.92 Å². The highest BCUT2D eigenvalue weighted by molar-refractivity contribution is 5.82. The van der Waals surface area contributed by atoms with E-state index in [4.69, 9.17) is 15.3 Å². The van der Waals surface area contributed by atoms with Gasteiger partial charge in [0.05, 0.1) is 0 Å². The van der Waals surface area contributed by atoms with Crippen molar-refractivity contribution in [3.05, 3.63) is 0 Å². The van der Waals surface area contributed by atoms with Gasteiger partial charge in [0.2, 0.25) is 0 Å². The van der Waals surface area contributed by atoms with E-state index < -0.39 is 24.0 Å². The molecule has 1 heterocycles. The SMILES string of the molecule is O=C(O)CCC[C@@H](NC(=O)N1CCC(CO)C1)C(=O)O. The van der Waals surface area contributed by atoms with Crippen molar-refractivity contribution in [3.63, 3.8) is 0 Å². The largest absolute Gasteiger partial charge is 0.481 e. The van der Waals surface area contributed by atoms with Crippen LogP contribution in [0, 0.1) is 5.92 Å². The van der Waals surface area contributed by atoms with Crippen LogP contribution in [0.2, 0.25) is 0 Å². The third kappa shape index (κ3) is 5.04. The lowest BCUT2D eigenvalue weighted by Gasteiger charge is -2.20. The van der Waals surface area contributed by atoms with Gasteiger partial charge in [-0.1, -0.05) is 0 Å². The molecule has 20 heavy (non-hydrogen) atoms. The molecule has 0 aromatic rings. The molecule has 0 aromatic heterocycles. The third-order valence-electron chi connectivity index (χ3n) is 3.31. The van der Waals surface area contributed by atoms with Crippen molar-refractivity contribution in [2.75, 3.05) is 19.7 Å². The molecule has 0 spiro atoms. The number of hydrogen-bond donors (Lipinski definition) is 4. The molecule has 0 bridgehead atoms. The van der Waals surface area contributed by atoms with Gasteiger partial charge in [-0.25, -0.2) is 9.59 Å². The number of carboxylic acid groups (broad SMARTS) is 2. The second-order valence-electron chi connectivity index (χ2n) is 4.91. The third-order valence-corrected chi connectivity index (χ3v) is 3.31. The maximum absolute atomic E-state index is 11.9. The van der Waals surface area contributed by atoms with E-state index in [0.29, 0.717) is 19.5 Å². The number of urea groups is 1. The Morgan fingerprint density at radius 2 is 2.00 bits per heavy atom. The van der Waals surface area contributed by atoms with Crippen LogP contribution in [0.25, 0.3) is 0 Å². The monoisotopic (exact) mass is 288 g/mol. The van der Waals surface area contributed by atoms with Gasteiger partial charge in [0.1, 0.15) is 6.04 Å². The Hall–Kier alpha value is -1.83. The molecular formula is C12H20N2O6. The topological polar surface area (TPSA) is 127 Å². The minimum atomic E-state index is -1.18. The van der Waals surface area contributed by atoms with E-state index >= 15 is 0 Å². The number of likely N-dealkylation sites (tertiary alicyclic amines) is 1. The van der Waals surface area contributed by atoms with Crippen molar-refractivity contribution >= 4 is 18.0 Å². The predicted molar refractivity (Wildman–Crippen MR) is 68.2 cm³/mol. The first-order valence-electron chi connectivity index (χ1n) is 6.55. The minimum Gasteiger partial charge on any atom is -0.481 e. The highest BCUT2D eigenvalue weighted by Gasteiger charge is 2.28. The maximum Gasteiger partial charge on any atom is 0.326 e. The van der Waals surface area contributed by atoms with Crippen LogP contribution in [-0.4, -0.2) is 63.9 Å². The maximum atomic E-state index is 11.9. The van der Waals surface area contributed by atoms with Gasteiger partial charge in [-0.3, -0.25) is 4.79 Å². The number of nitrogens with zero attached hydrogens (tertiary/aromatic N) is 1. The number of carboxylic acids is 2. The molecule has 2 amide bonds. The van der Waals surface area contributed by atoms with Crippen LogP contribution >= 0.6 is 0 Å². The zero-order valence-electron chi connectivity index (χ0n) is 11.1. The summed E-state index contributed by atoms with van der Waals surface area (Å²) in [4.78, 5) is 34.7.